The van der Waals surface area contributed by atoms with Gasteiger partial charge >= 0.3 is 0 Å². The number of nitrogens with one attached hydrogen (secondary N) is 1. The van der Waals surface area contributed by atoms with Gasteiger partial charge in [-0.05, 0) is 25.2 Å². The molecule has 0 saturated heterocycles. The maximum Gasteiger partial charge on any atom is 0.219 e. The molecule has 0 radical (unpaired) electrons. The summed E-state index contributed by atoms with van der Waals surface area (Å²) in [6.45, 7) is 6.45. The fourth-order valence-electron chi connectivity index (χ4n) is 3.00. The minimum atomic E-state index is 0.174. The molecular weight excluding hydrogens is 298 g/mol. The van der Waals surface area contributed by atoms with Crippen molar-refractivity contribution in [2.75, 3.05) is 20.3 Å². The van der Waals surface area contributed by atoms with Gasteiger partial charge in [0.25, 0.3) is 0 Å². The lowest BCUT2D eigenvalue weighted by molar-refractivity contribution is -0.120. The number of carbonyl (C=O) groups is 1. The van der Waals surface area contributed by atoms with Crippen LogP contribution in [0.15, 0.2) is 0 Å². The van der Waals surface area contributed by atoms with Gasteiger partial charge in [0.2, 0.25) is 5.91 Å². The van der Waals surface area contributed by atoms with Crippen molar-refractivity contribution in [3.8, 4) is 0 Å². The number of hydrogen-bond acceptors (Lipinski definition) is 2. The Bertz CT molecular complexity index is 269. The third kappa shape index (κ3) is 16.3. The molecule has 3 heteroatoms. The number of rotatable bonds is 18. The third-order valence-corrected chi connectivity index (χ3v) is 4.87. The number of amides is 1. The standard InChI is InChI=1S/C21H43NO2/c1-4-6-16-20(5-2)19-24-18-15-13-11-9-7-8-10-12-14-17-21(23)22-3/h20H,4-19H2,1-3H3,(H,22,23). The Morgan fingerprint density at radius 2 is 1.46 bits per heavy atom. The molecule has 0 rings (SSSR count). The van der Waals surface area contributed by atoms with Crippen molar-refractivity contribution in [3.05, 3.63) is 0 Å². The highest BCUT2D eigenvalue weighted by Crippen LogP contribution is 2.14. The van der Waals surface area contributed by atoms with Gasteiger partial charge in [-0.25, -0.2) is 0 Å². The van der Waals surface area contributed by atoms with Gasteiger partial charge in [0, 0.05) is 26.7 Å². The molecule has 3 nitrogen and oxygen atoms in total. The van der Waals surface area contributed by atoms with Gasteiger partial charge in [0.1, 0.15) is 0 Å². The molecule has 0 aromatic rings. The van der Waals surface area contributed by atoms with Gasteiger partial charge < -0.3 is 10.1 Å². The van der Waals surface area contributed by atoms with Crippen molar-refractivity contribution >= 4 is 5.91 Å². The normalized spacial score (nSPS) is 12.3. The van der Waals surface area contributed by atoms with Crippen molar-refractivity contribution in [3.63, 3.8) is 0 Å². The van der Waals surface area contributed by atoms with E-state index in [0.717, 1.165) is 25.6 Å². The zero-order valence-corrected chi connectivity index (χ0v) is 16.7. The van der Waals surface area contributed by atoms with E-state index in [0.29, 0.717) is 6.42 Å². The third-order valence-electron chi connectivity index (χ3n) is 4.87. The largest absolute Gasteiger partial charge is 0.381 e. The minimum Gasteiger partial charge on any atom is -0.381 e. The molecule has 0 aromatic heterocycles. The minimum absolute atomic E-state index is 0.174. The van der Waals surface area contributed by atoms with E-state index in [1.807, 2.05) is 0 Å². The van der Waals surface area contributed by atoms with Gasteiger partial charge in [0.05, 0.1) is 0 Å². The Kier molecular flexibility index (Phi) is 18.3. The summed E-state index contributed by atoms with van der Waals surface area (Å²) in [6.07, 6.45) is 17.3. The van der Waals surface area contributed by atoms with E-state index in [9.17, 15) is 4.79 Å². The highest BCUT2D eigenvalue weighted by molar-refractivity contribution is 5.75. The van der Waals surface area contributed by atoms with Crippen molar-refractivity contribution in [1.29, 1.82) is 0 Å². The first kappa shape index (κ1) is 23.4. The van der Waals surface area contributed by atoms with E-state index in [1.165, 1.54) is 77.0 Å². The molecule has 0 aromatic carbocycles. The fourth-order valence-corrected chi connectivity index (χ4v) is 3.00. The summed E-state index contributed by atoms with van der Waals surface area (Å²) in [7, 11) is 1.71. The molecule has 24 heavy (non-hydrogen) atoms. The van der Waals surface area contributed by atoms with Crippen LogP contribution in [0.25, 0.3) is 0 Å². The highest BCUT2D eigenvalue weighted by Gasteiger charge is 2.05. The summed E-state index contributed by atoms with van der Waals surface area (Å²) in [5, 5.41) is 2.67. The molecule has 0 aliphatic rings. The summed E-state index contributed by atoms with van der Waals surface area (Å²) in [5.41, 5.74) is 0. The number of ether oxygens (including phenoxy) is 1. The van der Waals surface area contributed by atoms with E-state index in [-0.39, 0.29) is 5.91 Å². The number of hydrogen-bond donors (Lipinski definition) is 1. The Morgan fingerprint density at radius 1 is 0.875 bits per heavy atom. The second-order valence-electron chi connectivity index (χ2n) is 7.10. The first-order valence-electron chi connectivity index (χ1n) is 10.5. The molecule has 0 aliphatic heterocycles. The van der Waals surface area contributed by atoms with E-state index < -0.39 is 0 Å². The van der Waals surface area contributed by atoms with Crippen molar-refractivity contribution < 1.29 is 9.53 Å². The van der Waals surface area contributed by atoms with Crippen molar-refractivity contribution in [2.24, 2.45) is 5.92 Å². The zero-order valence-electron chi connectivity index (χ0n) is 16.7. The summed E-state index contributed by atoms with van der Waals surface area (Å²) < 4.78 is 5.85. The summed E-state index contributed by atoms with van der Waals surface area (Å²) in [5.74, 6) is 0.946. The molecule has 0 bridgehead atoms. The molecule has 0 fully saturated rings. The molecule has 1 unspecified atom stereocenters. The van der Waals surface area contributed by atoms with Crippen LogP contribution in [0.2, 0.25) is 0 Å². The molecule has 1 amide bonds. The first-order chi connectivity index (χ1) is 11.7. The molecular formula is C21H43NO2. The first-order valence-corrected chi connectivity index (χ1v) is 10.5. The second-order valence-corrected chi connectivity index (χ2v) is 7.10. The van der Waals surface area contributed by atoms with Crippen LogP contribution in [-0.2, 0) is 9.53 Å². The Labute approximate surface area is 151 Å². The monoisotopic (exact) mass is 341 g/mol. The highest BCUT2D eigenvalue weighted by atomic mass is 16.5. The molecule has 0 heterocycles. The maximum absolute atomic E-state index is 11.1. The Hall–Kier alpha value is -0.570. The predicted molar refractivity (Wildman–Crippen MR) is 104 cm³/mol. The average Bonchev–Trinajstić information content (AvgIpc) is 2.61. The van der Waals surface area contributed by atoms with E-state index >= 15 is 0 Å². The van der Waals surface area contributed by atoms with Crippen LogP contribution in [0, 0.1) is 5.92 Å². The van der Waals surface area contributed by atoms with Crippen molar-refractivity contribution in [1.82, 2.24) is 5.32 Å². The summed E-state index contributed by atoms with van der Waals surface area (Å²) in [6, 6.07) is 0. The van der Waals surface area contributed by atoms with Crippen LogP contribution in [0.3, 0.4) is 0 Å². The maximum atomic E-state index is 11.1. The predicted octanol–water partition coefficient (Wildman–Crippen LogP) is 5.87. The van der Waals surface area contributed by atoms with Crippen LogP contribution in [-0.4, -0.2) is 26.2 Å². The quantitative estimate of drug-likeness (QED) is 0.317. The smallest absolute Gasteiger partial charge is 0.219 e. The Balaban J connectivity index is 3.18. The van der Waals surface area contributed by atoms with Gasteiger partial charge in [-0.3, -0.25) is 4.79 Å². The van der Waals surface area contributed by atoms with Gasteiger partial charge in [-0.1, -0.05) is 78.1 Å². The van der Waals surface area contributed by atoms with Crippen molar-refractivity contribution in [2.45, 2.75) is 104 Å². The zero-order chi connectivity index (χ0) is 17.9. The van der Waals surface area contributed by atoms with E-state index in [2.05, 4.69) is 19.2 Å². The molecule has 0 spiro atoms. The Morgan fingerprint density at radius 3 is 2.00 bits per heavy atom. The summed E-state index contributed by atoms with van der Waals surface area (Å²) in [4.78, 5) is 11.1. The topological polar surface area (TPSA) is 38.3 Å². The van der Waals surface area contributed by atoms with Crippen LogP contribution in [0.4, 0.5) is 0 Å². The average molecular weight is 342 g/mol. The lowest BCUT2D eigenvalue weighted by atomic mass is 10.0. The van der Waals surface area contributed by atoms with Crippen LogP contribution < -0.4 is 5.32 Å². The number of unbranched alkanes of at least 4 members (excludes halogenated alkanes) is 9. The molecule has 0 aliphatic carbocycles. The fraction of sp³-hybridized carbons (Fsp3) is 0.952. The van der Waals surface area contributed by atoms with Crippen LogP contribution >= 0.6 is 0 Å². The van der Waals surface area contributed by atoms with Crippen LogP contribution in [0.1, 0.15) is 104 Å². The lowest BCUT2D eigenvalue weighted by Gasteiger charge is -2.14. The molecule has 0 saturated carbocycles. The van der Waals surface area contributed by atoms with Gasteiger partial charge in [-0.15, -0.1) is 0 Å². The van der Waals surface area contributed by atoms with E-state index in [1.54, 1.807) is 7.05 Å². The SMILES string of the molecule is CCCCC(CC)COCCCCCCCCCCCC(=O)NC. The lowest BCUT2D eigenvalue weighted by Crippen LogP contribution is -2.16. The van der Waals surface area contributed by atoms with Gasteiger partial charge in [0.15, 0.2) is 0 Å². The van der Waals surface area contributed by atoms with Crippen LogP contribution in [0.5, 0.6) is 0 Å². The van der Waals surface area contributed by atoms with Gasteiger partial charge in [-0.2, -0.15) is 0 Å². The second kappa shape index (κ2) is 18.8. The van der Waals surface area contributed by atoms with E-state index in [4.69, 9.17) is 4.74 Å². The molecule has 1 N–H and O–H groups in total. The molecule has 144 valence electrons. The number of carbonyl (C=O) groups excluding carboxylic acids is 1. The summed E-state index contributed by atoms with van der Waals surface area (Å²) >= 11 is 0. The molecule has 1 atom stereocenters.